The van der Waals surface area contributed by atoms with E-state index in [9.17, 15) is 0 Å². The second-order valence-electron chi connectivity index (χ2n) is 6.21. The van der Waals surface area contributed by atoms with Crippen molar-refractivity contribution in [3.8, 4) is 0 Å². The quantitative estimate of drug-likeness (QED) is 0.426. The smallest absolute Gasteiger partial charge is 0.191 e. The molecule has 1 aromatic heterocycles. The molecular formula is C17H30N4O2S. The van der Waals surface area contributed by atoms with E-state index in [1.807, 2.05) is 0 Å². The van der Waals surface area contributed by atoms with E-state index in [0.717, 1.165) is 62.3 Å². The first-order valence-electron chi connectivity index (χ1n) is 8.77. The SMILES string of the molecule is CN=C(NCCCOC1CCOCC1)NCc1nc(C(C)C)cs1. The van der Waals surface area contributed by atoms with E-state index in [4.69, 9.17) is 9.47 Å². The Morgan fingerprint density at radius 2 is 2.21 bits per heavy atom. The highest BCUT2D eigenvalue weighted by Crippen LogP contribution is 2.17. The lowest BCUT2D eigenvalue weighted by atomic mass is 10.1. The van der Waals surface area contributed by atoms with Gasteiger partial charge in [-0.1, -0.05) is 13.8 Å². The van der Waals surface area contributed by atoms with Gasteiger partial charge in [0, 0.05) is 38.8 Å². The van der Waals surface area contributed by atoms with Crippen molar-refractivity contribution < 1.29 is 9.47 Å². The summed E-state index contributed by atoms with van der Waals surface area (Å²) in [6.45, 7) is 8.31. The summed E-state index contributed by atoms with van der Waals surface area (Å²) >= 11 is 1.69. The second kappa shape index (κ2) is 10.6. The molecule has 0 saturated carbocycles. The van der Waals surface area contributed by atoms with Gasteiger partial charge in [-0.3, -0.25) is 4.99 Å². The van der Waals surface area contributed by atoms with Crippen molar-refractivity contribution in [2.24, 2.45) is 4.99 Å². The molecule has 136 valence electrons. The van der Waals surface area contributed by atoms with Gasteiger partial charge in [0.25, 0.3) is 0 Å². The zero-order valence-electron chi connectivity index (χ0n) is 15.0. The van der Waals surface area contributed by atoms with Crippen molar-refractivity contribution in [3.63, 3.8) is 0 Å². The van der Waals surface area contributed by atoms with Gasteiger partial charge in [-0.2, -0.15) is 0 Å². The Morgan fingerprint density at radius 3 is 2.88 bits per heavy atom. The maximum atomic E-state index is 5.86. The van der Waals surface area contributed by atoms with Crippen LogP contribution in [0.5, 0.6) is 0 Å². The van der Waals surface area contributed by atoms with E-state index in [1.54, 1.807) is 18.4 Å². The summed E-state index contributed by atoms with van der Waals surface area (Å²) in [5.74, 6) is 1.28. The highest BCUT2D eigenvalue weighted by molar-refractivity contribution is 7.09. The Kier molecular flexibility index (Phi) is 8.49. The number of aliphatic imine (C=N–C) groups is 1. The van der Waals surface area contributed by atoms with Gasteiger partial charge in [-0.25, -0.2) is 4.98 Å². The van der Waals surface area contributed by atoms with Crippen LogP contribution in [-0.4, -0.2) is 50.5 Å². The molecular weight excluding hydrogens is 324 g/mol. The highest BCUT2D eigenvalue weighted by atomic mass is 32.1. The highest BCUT2D eigenvalue weighted by Gasteiger charge is 2.13. The summed E-state index contributed by atoms with van der Waals surface area (Å²) in [4.78, 5) is 8.87. The van der Waals surface area contributed by atoms with Gasteiger partial charge >= 0.3 is 0 Å². The molecule has 1 aromatic rings. The zero-order valence-corrected chi connectivity index (χ0v) is 15.8. The average molecular weight is 355 g/mol. The number of nitrogens with zero attached hydrogens (tertiary/aromatic N) is 2. The molecule has 0 unspecified atom stereocenters. The van der Waals surface area contributed by atoms with Crippen LogP contribution < -0.4 is 10.6 Å². The number of hydrogen-bond donors (Lipinski definition) is 2. The number of aromatic nitrogens is 1. The monoisotopic (exact) mass is 354 g/mol. The second-order valence-corrected chi connectivity index (χ2v) is 7.15. The number of hydrogen-bond acceptors (Lipinski definition) is 5. The van der Waals surface area contributed by atoms with E-state index in [-0.39, 0.29) is 0 Å². The van der Waals surface area contributed by atoms with Gasteiger partial charge < -0.3 is 20.1 Å². The fourth-order valence-electron chi connectivity index (χ4n) is 2.42. The number of rotatable bonds is 8. The summed E-state index contributed by atoms with van der Waals surface area (Å²) in [6.07, 6.45) is 3.37. The number of nitrogens with one attached hydrogen (secondary N) is 2. The van der Waals surface area contributed by atoms with Gasteiger partial charge in [0.05, 0.1) is 18.3 Å². The molecule has 0 spiro atoms. The van der Waals surface area contributed by atoms with Crippen LogP contribution >= 0.6 is 11.3 Å². The largest absolute Gasteiger partial charge is 0.381 e. The van der Waals surface area contributed by atoms with Crippen molar-refractivity contribution in [1.82, 2.24) is 15.6 Å². The predicted molar refractivity (Wildman–Crippen MR) is 98.8 cm³/mol. The predicted octanol–water partition coefficient (Wildman–Crippen LogP) is 2.52. The molecule has 0 bridgehead atoms. The molecule has 0 aromatic carbocycles. The first-order chi connectivity index (χ1) is 11.7. The minimum Gasteiger partial charge on any atom is -0.381 e. The number of thiazole rings is 1. The van der Waals surface area contributed by atoms with Gasteiger partial charge in [-0.05, 0) is 25.2 Å². The van der Waals surface area contributed by atoms with Crippen LogP contribution in [0.15, 0.2) is 10.4 Å². The molecule has 0 amide bonds. The Hall–Kier alpha value is -1.18. The standard InChI is InChI=1S/C17H30N4O2S/c1-13(2)15-12-24-16(21-15)11-20-17(18-3)19-7-4-8-23-14-5-9-22-10-6-14/h12-14H,4-11H2,1-3H3,(H2,18,19,20). The third kappa shape index (κ3) is 6.75. The topological polar surface area (TPSA) is 67.8 Å². The number of guanidine groups is 1. The number of ether oxygens (including phenoxy) is 2. The molecule has 2 heterocycles. The molecule has 2 rings (SSSR count). The van der Waals surface area contributed by atoms with Crippen molar-refractivity contribution in [2.45, 2.75) is 51.7 Å². The zero-order chi connectivity index (χ0) is 17.2. The fourth-order valence-corrected chi connectivity index (χ4v) is 3.32. The lowest BCUT2D eigenvalue weighted by Gasteiger charge is -2.22. The van der Waals surface area contributed by atoms with E-state index in [2.05, 4.69) is 39.8 Å². The Bertz CT molecular complexity index is 499. The lowest BCUT2D eigenvalue weighted by molar-refractivity contribution is -0.0320. The molecule has 24 heavy (non-hydrogen) atoms. The van der Waals surface area contributed by atoms with E-state index in [0.29, 0.717) is 18.6 Å². The molecule has 0 radical (unpaired) electrons. The fraction of sp³-hybridized carbons (Fsp3) is 0.765. The van der Waals surface area contributed by atoms with Crippen molar-refractivity contribution in [2.75, 3.05) is 33.4 Å². The first-order valence-corrected chi connectivity index (χ1v) is 9.65. The summed E-state index contributed by atoms with van der Waals surface area (Å²) in [5.41, 5.74) is 1.16. The third-order valence-electron chi connectivity index (χ3n) is 3.93. The average Bonchev–Trinajstić information content (AvgIpc) is 3.07. The maximum Gasteiger partial charge on any atom is 0.191 e. The van der Waals surface area contributed by atoms with E-state index >= 15 is 0 Å². The molecule has 1 aliphatic heterocycles. The molecule has 0 aliphatic carbocycles. The van der Waals surface area contributed by atoms with Crippen LogP contribution in [0.3, 0.4) is 0 Å². The third-order valence-corrected chi connectivity index (χ3v) is 4.79. The van der Waals surface area contributed by atoms with E-state index in [1.165, 1.54) is 0 Å². The first kappa shape index (κ1) is 19.1. The summed E-state index contributed by atoms with van der Waals surface area (Å²) in [5, 5.41) is 9.84. The van der Waals surface area contributed by atoms with Crippen LogP contribution in [-0.2, 0) is 16.0 Å². The minimum atomic E-state index is 0.372. The van der Waals surface area contributed by atoms with Gasteiger partial charge in [-0.15, -0.1) is 11.3 Å². The van der Waals surface area contributed by atoms with Crippen LogP contribution in [0, 0.1) is 0 Å². The Morgan fingerprint density at radius 1 is 1.42 bits per heavy atom. The van der Waals surface area contributed by atoms with Crippen LogP contribution in [0.1, 0.15) is 49.7 Å². The molecule has 6 nitrogen and oxygen atoms in total. The molecule has 1 saturated heterocycles. The summed E-state index contributed by atoms with van der Waals surface area (Å²) < 4.78 is 11.2. The van der Waals surface area contributed by atoms with Gasteiger partial charge in [0.15, 0.2) is 5.96 Å². The van der Waals surface area contributed by atoms with Crippen molar-refractivity contribution >= 4 is 17.3 Å². The molecule has 1 fully saturated rings. The van der Waals surface area contributed by atoms with Crippen molar-refractivity contribution in [3.05, 3.63) is 16.1 Å². The van der Waals surface area contributed by atoms with E-state index < -0.39 is 0 Å². The summed E-state index contributed by atoms with van der Waals surface area (Å²) in [6, 6.07) is 0. The molecule has 2 N–H and O–H groups in total. The van der Waals surface area contributed by atoms with Crippen LogP contribution in [0.4, 0.5) is 0 Å². The molecule has 7 heteroatoms. The minimum absolute atomic E-state index is 0.372. The van der Waals surface area contributed by atoms with Crippen LogP contribution in [0.25, 0.3) is 0 Å². The molecule has 1 aliphatic rings. The Balaban J connectivity index is 1.58. The normalized spacial score (nSPS) is 16.6. The summed E-state index contributed by atoms with van der Waals surface area (Å²) in [7, 11) is 1.79. The van der Waals surface area contributed by atoms with Crippen LogP contribution in [0.2, 0.25) is 0 Å². The van der Waals surface area contributed by atoms with Gasteiger partial charge in [0.1, 0.15) is 5.01 Å². The Labute approximate surface area is 149 Å². The van der Waals surface area contributed by atoms with Gasteiger partial charge in [0.2, 0.25) is 0 Å². The maximum absolute atomic E-state index is 5.86. The lowest BCUT2D eigenvalue weighted by Crippen LogP contribution is -2.37. The molecule has 0 atom stereocenters. The van der Waals surface area contributed by atoms with Crippen molar-refractivity contribution in [1.29, 1.82) is 0 Å².